The van der Waals surface area contributed by atoms with Gasteiger partial charge in [-0.1, -0.05) is 43.3 Å². The number of fused-ring (bicyclic) bond motifs is 1. The van der Waals surface area contributed by atoms with Crippen LogP contribution in [0, 0.1) is 0 Å². The van der Waals surface area contributed by atoms with E-state index in [-0.39, 0.29) is 5.56 Å². The van der Waals surface area contributed by atoms with Crippen LogP contribution in [-0.4, -0.2) is 29.8 Å². The van der Waals surface area contributed by atoms with Crippen LogP contribution in [0.15, 0.2) is 42.5 Å². The van der Waals surface area contributed by atoms with E-state index >= 15 is 0 Å². The molecule has 152 valence electrons. The maximum atomic E-state index is 13.0. The van der Waals surface area contributed by atoms with Gasteiger partial charge < -0.3 is 5.32 Å². The van der Waals surface area contributed by atoms with E-state index in [0.29, 0.717) is 17.7 Å². The number of amides is 3. The lowest BCUT2D eigenvalue weighted by molar-refractivity contribution is -0.304. The summed E-state index contributed by atoms with van der Waals surface area (Å²) in [5, 5.41) is 2.05. The van der Waals surface area contributed by atoms with Crippen molar-refractivity contribution in [1.82, 2.24) is 16.2 Å². The zero-order valence-corrected chi connectivity index (χ0v) is 14.3. The first-order chi connectivity index (χ1) is 12.9. The summed E-state index contributed by atoms with van der Waals surface area (Å²) in [5.74, 6) is -0.909. The topological polar surface area (TPSA) is 70.2 Å². The number of urea groups is 1. The van der Waals surface area contributed by atoms with Crippen LogP contribution in [-0.2, 0) is 0 Å². The molecule has 11 heteroatoms. The van der Waals surface area contributed by atoms with Crippen LogP contribution >= 0.6 is 0 Å². The third-order valence-electron chi connectivity index (χ3n) is 4.15. The van der Waals surface area contributed by atoms with E-state index in [4.69, 9.17) is 0 Å². The van der Waals surface area contributed by atoms with Crippen LogP contribution in [0.25, 0.3) is 10.8 Å². The first-order valence-electron chi connectivity index (χ1n) is 7.92. The Bertz CT molecular complexity index is 860. The monoisotopic (exact) mass is 407 g/mol. The Kier molecular flexibility index (Phi) is 5.76. The molecule has 0 heterocycles. The van der Waals surface area contributed by atoms with Crippen molar-refractivity contribution in [2.45, 2.75) is 31.2 Å². The molecule has 0 radical (unpaired) electrons. The van der Waals surface area contributed by atoms with Gasteiger partial charge in [0.15, 0.2) is 0 Å². The fourth-order valence-corrected chi connectivity index (χ4v) is 2.62. The van der Waals surface area contributed by atoms with Gasteiger partial charge in [-0.2, -0.15) is 26.3 Å². The van der Waals surface area contributed by atoms with Gasteiger partial charge in [-0.3, -0.25) is 10.2 Å². The Hall–Kier alpha value is -2.98. The standard InChI is InChI=1S/C17H15F6N3O2/c1-2-15(16(18,19)20,17(21,22)23)24-14(28)26-25-13(27)12-9-5-7-10-6-3-4-8-11(10)12/h3-9H,2H2,1H3,(H,25,27)(H2,24,26,28). The number of hydrogen-bond donors (Lipinski definition) is 3. The Morgan fingerprint density at radius 2 is 1.43 bits per heavy atom. The third-order valence-corrected chi connectivity index (χ3v) is 4.15. The second kappa shape index (κ2) is 7.56. The van der Waals surface area contributed by atoms with Crippen LogP contribution in [0.1, 0.15) is 23.7 Å². The Labute approximate surface area is 155 Å². The largest absolute Gasteiger partial charge is 0.420 e. The highest BCUT2D eigenvalue weighted by Gasteiger charge is 2.70. The van der Waals surface area contributed by atoms with Crippen molar-refractivity contribution in [2.75, 3.05) is 0 Å². The van der Waals surface area contributed by atoms with Crippen LogP contribution in [0.4, 0.5) is 31.1 Å². The molecule has 0 saturated heterocycles. The normalized spacial score (nSPS) is 12.5. The molecule has 0 unspecified atom stereocenters. The molecule has 0 bridgehead atoms. The van der Waals surface area contributed by atoms with Crippen molar-refractivity contribution in [1.29, 1.82) is 0 Å². The maximum absolute atomic E-state index is 13.0. The molecular formula is C17H15F6N3O2. The van der Waals surface area contributed by atoms with E-state index in [1.807, 2.05) is 0 Å². The number of halogens is 6. The number of alkyl halides is 6. The summed E-state index contributed by atoms with van der Waals surface area (Å²) in [5.41, 5.74) is -1.04. The van der Waals surface area contributed by atoms with Crippen LogP contribution in [0.5, 0.6) is 0 Å². The smallest absolute Gasteiger partial charge is 0.315 e. The minimum atomic E-state index is -5.79. The fraction of sp³-hybridized carbons (Fsp3) is 0.294. The molecule has 3 amide bonds. The first kappa shape index (κ1) is 21.3. The average Bonchev–Trinajstić information content (AvgIpc) is 2.61. The molecule has 0 aliphatic carbocycles. The number of nitrogens with one attached hydrogen (secondary N) is 3. The number of benzene rings is 2. The molecule has 0 spiro atoms. The second-order valence-corrected chi connectivity index (χ2v) is 5.81. The first-order valence-corrected chi connectivity index (χ1v) is 7.92. The van der Waals surface area contributed by atoms with Gasteiger partial charge in [0.1, 0.15) is 0 Å². The molecule has 0 atom stereocenters. The fourth-order valence-electron chi connectivity index (χ4n) is 2.62. The maximum Gasteiger partial charge on any atom is 0.420 e. The number of hydrogen-bond acceptors (Lipinski definition) is 2. The lowest BCUT2D eigenvalue weighted by Crippen LogP contribution is -2.69. The predicted molar refractivity (Wildman–Crippen MR) is 88.2 cm³/mol. The van der Waals surface area contributed by atoms with Gasteiger partial charge in [0.2, 0.25) is 5.54 Å². The van der Waals surface area contributed by atoms with Crippen LogP contribution in [0.3, 0.4) is 0 Å². The molecule has 5 nitrogen and oxygen atoms in total. The zero-order valence-electron chi connectivity index (χ0n) is 14.3. The van der Waals surface area contributed by atoms with Gasteiger partial charge in [0, 0.05) is 5.56 Å². The van der Waals surface area contributed by atoms with E-state index < -0.39 is 36.3 Å². The molecule has 0 aliphatic rings. The van der Waals surface area contributed by atoms with Crippen molar-refractivity contribution in [3.63, 3.8) is 0 Å². The number of carbonyl (C=O) groups is 2. The van der Waals surface area contributed by atoms with Crippen molar-refractivity contribution in [2.24, 2.45) is 0 Å². The van der Waals surface area contributed by atoms with E-state index in [0.717, 1.165) is 5.32 Å². The van der Waals surface area contributed by atoms with Crippen molar-refractivity contribution < 1.29 is 35.9 Å². The van der Waals surface area contributed by atoms with Gasteiger partial charge in [-0.25, -0.2) is 10.2 Å². The molecule has 28 heavy (non-hydrogen) atoms. The molecule has 2 rings (SSSR count). The highest BCUT2D eigenvalue weighted by Crippen LogP contribution is 2.45. The minimum Gasteiger partial charge on any atom is -0.315 e. The SMILES string of the molecule is CCC(NC(=O)NNC(=O)c1cccc2ccccc12)(C(F)(F)F)C(F)(F)F. The molecule has 3 N–H and O–H groups in total. The summed E-state index contributed by atoms with van der Waals surface area (Å²) in [6.45, 7) is 0.635. The summed E-state index contributed by atoms with van der Waals surface area (Å²) in [6.07, 6.45) is -13.1. The third kappa shape index (κ3) is 3.97. The van der Waals surface area contributed by atoms with Crippen LogP contribution < -0.4 is 16.2 Å². The summed E-state index contributed by atoms with van der Waals surface area (Å²) < 4.78 is 78.1. The number of hydrazine groups is 1. The van der Waals surface area contributed by atoms with Crippen molar-refractivity contribution in [3.8, 4) is 0 Å². The molecule has 2 aromatic carbocycles. The zero-order chi connectivity index (χ0) is 21.2. The summed E-state index contributed by atoms with van der Waals surface area (Å²) >= 11 is 0. The van der Waals surface area contributed by atoms with E-state index in [1.165, 1.54) is 17.6 Å². The summed E-state index contributed by atoms with van der Waals surface area (Å²) in [4.78, 5) is 23.9. The van der Waals surface area contributed by atoms with Gasteiger partial charge in [-0.15, -0.1) is 0 Å². The molecule has 2 aromatic rings. The molecule has 0 aliphatic heterocycles. The highest BCUT2D eigenvalue weighted by atomic mass is 19.4. The Morgan fingerprint density at radius 3 is 2.00 bits per heavy atom. The van der Waals surface area contributed by atoms with Gasteiger partial charge in [0.05, 0.1) is 0 Å². The Balaban J connectivity index is 2.15. The van der Waals surface area contributed by atoms with E-state index in [1.54, 1.807) is 35.8 Å². The lowest BCUT2D eigenvalue weighted by atomic mass is 9.94. The molecule has 0 aromatic heterocycles. The van der Waals surface area contributed by atoms with E-state index in [9.17, 15) is 35.9 Å². The van der Waals surface area contributed by atoms with Gasteiger partial charge >= 0.3 is 18.4 Å². The van der Waals surface area contributed by atoms with Crippen molar-refractivity contribution >= 4 is 22.7 Å². The molecular weight excluding hydrogens is 392 g/mol. The highest BCUT2D eigenvalue weighted by molar-refractivity contribution is 6.07. The van der Waals surface area contributed by atoms with Gasteiger partial charge in [0.25, 0.3) is 5.91 Å². The van der Waals surface area contributed by atoms with Crippen LogP contribution in [0.2, 0.25) is 0 Å². The number of rotatable bonds is 3. The quantitative estimate of drug-likeness (QED) is 0.531. The minimum absolute atomic E-state index is 0.0757. The average molecular weight is 407 g/mol. The number of carbonyl (C=O) groups excluding carboxylic acids is 2. The summed E-state index contributed by atoms with van der Waals surface area (Å²) in [6, 6.07) is 9.43. The lowest BCUT2D eigenvalue weighted by Gasteiger charge is -2.36. The Morgan fingerprint density at radius 1 is 0.857 bits per heavy atom. The predicted octanol–water partition coefficient (Wildman–Crippen LogP) is 4.06. The van der Waals surface area contributed by atoms with Gasteiger partial charge in [-0.05, 0) is 23.3 Å². The molecule has 0 fully saturated rings. The van der Waals surface area contributed by atoms with E-state index in [2.05, 4.69) is 0 Å². The summed E-state index contributed by atoms with van der Waals surface area (Å²) in [7, 11) is 0. The van der Waals surface area contributed by atoms with Crippen molar-refractivity contribution in [3.05, 3.63) is 48.0 Å². The second-order valence-electron chi connectivity index (χ2n) is 5.81. The molecule has 0 saturated carbocycles.